The second-order valence-electron chi connectivity index (χ2n) is 14.3. The van der Waals surface area contributed by atoms with E-state index in [-0.39, 0.29) is 32.4 Å². The van der Waals surface area contributed by atoms with Crippen LogP contribution in [0.4, 0.5) is 0 Å². The molecule has 58 heavy (non-hydrogen) atoms. The maximum absolute atomic E-state index is 14.8. The minimum atomic E-state index is -3.70. The Morgan fingerprint density at radius 3 is 1.07 bits per heavy atom. The predicted molar refractivity (Wildman–Crippen MR) is 225 cm³/mol. The van der Waals surface area contributed by atoms with Gasteiger partial charge in [-0.25, -0.2) is 0 Å². The molecule has 9 heteroatoms. The average molecular weight is 799 g/mol. The molecule has 7 rings (SSSR count). The van der Waals surface area contributed by atoms with Gasteiger partial charge in [0.2, 0.25) is 0 Å². The summed E-state index contributed by atoms with van der Waals surface area (Å²) in [5.41, 5.74) is 5.78. The summed E-state index contributed by atoms with van der Waals surface area (Å²) in [5.74, 6) is 0. The van der Waals surface area contributed by atoms with Crippen molar-refractivity contribution in [3.63, 3.8) is 0 Å². The summed E-state index contributed by atoms with van der Waals surface area (Å²) in [5, 5.41) is 0. The fourth-order valence-electron chi connectivity index (χ4n) is 6.81. The highest BCUT2D eigenvalue weighted by molar-refractivity contribution is 7.53. The molecule has 0 radical (unpaired) electrons. The van der Waals surface area contributed by atoms with Crippen LogP contribution in [0.15, 0.2) is 182 Å². The van der Waals surface area contributed by atoms with Gasteiger partial charge in [0.1, 0.15) is 18.3 Å². The molecule has 0 aromatic heterocycles. The lowest BCUT2D eigenvalue weighted by molar-refractivity contribution is -0.325. The van der Waals surface area contributed by atoms with E-state index in [0.29, 0.717) is 19.8 Å². The van der Waals surface area contributed by atoms with Crippen LogP contribution in [0.5, 0.6) is 0 Å². The highest BCUT2D eigenvalue weighted by Gasteiger charge is 2.49. The van der Waals surface area contributed by atoms with Gasteiger partial charge in [-0.1, -0.05) is 182 Å². The van der Waals surface area contributed by atoms with E-state index < -0.39 is 38.3 Å². The van der Waals surface area contributed by atoms with Crippen LogP contribution < -0.4 is 0 Å². The molecule has 1 heterocycles. The molecule has 5 atom stereocenters. The Hall–Kier alpha value is -4.73. The van der Waals surface area contributed by atoms with Crippen LogP contribution in [0, 0.1) is 0 Å². The van der Waals surface area contributed by atoms with Gasteiger partial charge in [-0.3, -0.25) is 4.57 Å². The molecule has 0 aliphatic carbocycles. The first-order chi connectivity index (χ1) is 28.6. The summed E-state index contributed by atoms with van der Waals surface area (Å²) < 4.78 is 61.2. The highest BCUT2D eigenvalue weighted by Crippen LogP contribution is 2.51. The highest BCUT2D eigenvalue weighted by atomic mass is 31.2. The number of hydrogen-bond donors (Lipinski definition) is 0. The zero-order valence-electron chi connectivity index (χ0n) is 32.6. The van der Waals surface area contributed by atoms with Crippen molar-refractivity contribution >= 4 is 7.60 Å². The van der Waals surface area contributed by atoms with Crippen LogP contribution in [0.2, 0.25) is 0 Å². The normalized spacial score (nSPS) is 19.5. The van der Waals surface area contributed by atoms with Crippen LogP contribution in [-0.2, 0) is 76.9 Å². The minimum Gasteiger partial charge on any atom is -0.368 e. The number of ether oxygens (including phenoxy) is 5. The van der Waals surface area contributed by atoms with Gasteiger partial charge in [-0.15, -0.1) is 0 Å². The molecular weight excluding hydrogens is 748 g/mol. The van der Waals surface area contributed by atoms with E-state index in [1.165, 1.54) is 0 Å². The second-order valence-corrected chi connectivity index (χ2v) is 16.4. The van der Waals surface area contributed by atoms with E-state index in [1.807, 2.05) is 182 Å². The topological polar surface area (TPSA) is 81.7 Å². The number of hydrogen-bond acceptors (Lipinski definition) is 8. The van der Waals surface area contributed by atoms with Crippen LogP contribution >= 0.6 is 7.60 Å². The van der Waals surface area contributed by atoms with Crippen molar-refractivity contribution in [1.29, 1.82) is 0 Å². The predicted octanol–water partition coefficient (Wildman–Crippen LogP) is 10.7. The summed E-state index contributed by atoms with van der Waals surface area (Å²) in [7, 11) is -3.70. The molecule has 0 N–H and O–H groups in total. The molecular formula is C49H51O8P. The van der Waals surface area contributed by atoms with Gasteiger partial charge in [0.05, 0.1) is 51.9 Å². The molecule has 0 spiro atoms. The average Bonchev–Trinajstić information content (AvgIpc) is 3.29. The lowest BCUT2D eigenvalue weighted by Crippen LogP contribution is -2.60. The van der Waals surface area contributed by atoms with Crippen molar-refractivity contribution in [1.82, 2.24) is 0 Å². The van der Waals surface area contributed by atoms with E-state index in [2.05, 4.69) is 0 Å². The SMILES string of the molecule is O=P(CC[C@H]1O[C@@H](OCc2ccccc2)[C@H](OCc2ccccc2)[C@@H](OCc2ccccc2)[C@@H]1OCc1ccccc1)(OCc1ccccc1)OCc1ccccc1. The standard InChI is InChI=1S/C49H51O8P/c50-58(55-37-43-27-15-5-16-28-43,56-38-44-29-17-6-18-30-44)32-31-45-46(51-33-39-19-7-1-8-20-39)47(52-34-40-21-9-2-10-22-40)48(53-35-41-23-11-3-12-24-41)49(57-45)54-36-42-25-13-4-14-26-42/h1-30,45-49H,31-38H2/t45-,46-,47+,48-,49-/m1/s1. The van der Waals surface area contributed by atoms with Crippen LogP contribution in [0.25, 0.3) is 0 Å². The molecule has 0 amide bonds. The molecule has 8 nitrogen and oxygen atoms in total. The Morgan fingerprint density at radius 1 is 0.379 bits per heavy atom. The van der Waals surface area contributed by atoms with E-state index in [9.17, 15) is 4.57 Å². The lowest BCUT2D eigenvalue weighted by atomic mass is 9.96. The van der Waals surface area contributed by atoms with Gasteiger partial charge in [-0.2, -0.15) is 0 Å². The van der Waals surface area contributed by atoms with Crippen LogP contribution in [0.1, 0.15) is 39.8 Å². The zero-order chi connectivity index (χ0) is 39.7. The van der Waals surface area contributed by atoms with Gasteiger partial charge in [0, 0.05) is 0 Å². The first-order valence-electron chi connectivity index (χ1n) is 19.8. The minimum absolute atomic E-state index is 0.0644. The summed E-state index contributed by atoms with van der Waals surface area (Å²) in [4.78, 5) is 0. The lowest BCUT2D eigenvalue weighted by Gasteiger charge is -2.46. The Bertz CT molecular complexity index is 2030. The van der Waals surface area contributed by atoms with Crippen molar-refractivity contribution in [2.75, 3.05) is 6.16 Å². The molecule has 6 aromatic carbocycles. The van der Waals surface area contributed by atoms with Crippen molar-refractivity contribution in [2.24, 2.45) is 0 Å². The van der Waals surface area contributed by atoms with E-state index >= 15 is 0 Å². The number of benzene rings is 6. The van der Waals surface area contributed by atoms with Crippen molar-refractivity contribution in [3.05, 3.63) is 215 Å². The summed E-state index contributed by atoms with van der Waals surface area (Å²) in [6.07, 6.45) is -3.17. The molecule has 1 saturated heterocycles. The zero-order valence-corrected chi connectivity index (χ0v) is 33.5. The smallest absolute Gasteiger partial charge is 0.331 e. The first kappa shape index (κ1) is 41.4. The summed E-state index contributed by atoms with van der Waals surface area (Å²) >= 11 is 0. The van der Waals surface area contributed by atoms with Gasteiger partial charge >= 0.3 is 7.60 Å². The maximum Gasteiger partial charge on any atom is 0.331 e. The van der Waals surface area contributed by atoms with Gasteiger partial charge < -0.3 is 32.7 Å². The Balaban J connectivity index is 1.20. The molecule has 300 valence electrons. The first-order valence-corrected chi connectivity index (χ1v) is 21.6. The quantitative estimate of drug-likeness (QED) is 0.0666. The van der Waals surface area contributed by atoms with Crippen molar-refractivity contribution in [2.45, 2.75) is 76.8 Å². The summed E-state index contributed by atoms with van der Waals surface area (Å²) in [6, 6.07) is 59.4. The Labute approximate surface area is 342 Å². The van der Waals surface area contributed by atoms with Gasteiger partial charge in [0.25, 0.3) is 0 Å². The van der Waals surface area contributed by atoms with Crippen LogP contribution in [-0.4, -0.2) is 36.9 Å². The molecule has 1 fully saturated rings. The second kappa shape index (κ2) is 21.9. The molecule has 0 unspecified atom stereocenters. The third kappa shape index (κ3) is 12.6. The molecule has 1 aliphatic rings. The largest absolute Gasteiger partial charge is 0.368 e. The van der Waals surface area contributed by atoms with E-state index in [1.54, 1.807) is 0 Å². The molecule has 0 bridgehead atoms. The van der Waals surface area contributed by atoms with E-state index in [0.717, 1.165) is 33.4 Å². The number of rotatable bonds is 21. The van der Waals surface area contributed by atoms with Crippen molar-refractivity contribution < 1.29 is 37.3 Å². The maximum atomic E-state index is 14.8. The van der Waals surface area contributed by atoms with Crippen LogP contribution in [0.3, 0.4) is 0 Å². The van der Waals surface area contributed by atoms with E-state index in [4.69, 9.17) is 32.7 Å². The third-order valence-corrected chi connectivity index (χ3v) is 11.8. The monoisotopic (exact) mass is 798 g/mol. The van der Waals surface area contributed by atoms with Gasteiger partial charge in [0.15, 0.2) is 6.29 Å². The third-order valence-electron chi connectivity index (χ3n) is 9.93. The Morgan fingerprint density at radius 2 is 0.690 bits per heavy atom. The molecule has 1 aliphatic heterocycles. The molecule has 6 aromatic rings. The molecule has 0 saturated carbocycles. The Kier molecular flexibility index (Phi) is 15.6. The fourth-order valence-corrected chi connectivity index (χ4v) is 8.41. The van der Waals surface area contributed by atoms with Gasteiger partial charge in [-0.05, 0) is 39.8 Å². The fraction of sp³-hybridized carbons (Fsp3) is 0.265. The van der Waals surface area contributed by atoms with Crippen molar-refractivity contribution in [3.8, 4) is 0 Å². The summed E-state index contributed by atoms with van der Waals surface area (Å²) in [6.45, 7) is 1.45.